The van der Waals surface area contributed by atoms with E-state index in [0.717, 1.165) is 18.7 Å². The molecule has 5 heteroatoms. The fourth-order valence-electron chi connectivity index (χ4n) is 1.51. The van der Waals surface area contributed by atoms with Gasteiger partial charge >= 0.3 is 0 Å². The third-order valence-electron chi connectivity index (χ3n) is 2.49. The molecule has 0 spiro atoms. The average Bonchev–Trinajstić information content (AvgIpc) is 2.62. The molecule has 2 N–H and O–H groups in total. The van der Waals surface area contributed by atoms with Crippen molar-refractivity contribution in [3.05, 3.63) is 53.6 Å². The maximum Gasteiger partial charge on any atom is 0.0731 e. The molecule has 0 aliphatic carbocycles. The van der Waals surface area contributed by atoms with E-state index in [1.165, 1.54) is 5.56 Å². The van der Waals surface area contributed by atoms with Gasteiger partial charge in [0.25, 0.3) is 0 Å². The van der Waals surface area contributed by atoms with E-state index >= 15 is 0 Å². The van der Waals surface area contributed by atoms with E-state index in [4.69, 9.17) is 17.3 Å². The third-order valence-corrected chi connectivity index (χ3v) is 5.94. The highest BCUT2D eigenvalue weighted by molar-refractivity contribution is 9.11. The van der Waals surface area contributed by atoms with Crippen LogP contribution in [0, 0.1) is 6.92 Å². The van der Waals surface area contributed by atoms with Gasteiger partial charge in [-0.25, -0.2) is 0 Å². The monoisotopic (exact) mass is 393 g/mol. The van der Waals surface area contributed by atoms with Gasteiger partial charge in [0.15, 0.2) is 0 Å². The number of halogens is 3. The minimum Gasteiger partial charge on any atom is -0.320 e. The molecule has 1 nitrogen and oxygen atoms in total. The molecule has 1 heterocycles. The van der Waals surface area contributed by atoms with Crippen LogP contribution in [0.4, 0.5) is 0 Å². The predicted octanol–water partition coefficient (Wildman–Crippen LogP) is 5.28. The van der Waals surface area contributed by atoms with Gasteiger partial charge in [-0.2, -0.15) is 0 Å². The van der Waals surface area contributed by atoms with E-state index in [1.807, 2.05) is 18.2 Å². The molecule has 0 saturated carbocycles. The van der Waals surface area contributed by atoms with Crippen molar-refractivity contribution in [2.45, 2.75) is 13.0 Å². The van der Waals surface area contributed by atoms with Crippen LogP contribution < -0.4 is 5.73 Å². The Morgan fingerprint density at radius 3 is 2.53 bits per heavy atom. The first-order valence-electron chi connectivity index (χ1n) is 4.95. The molecule has 0 aliphatic heterocycles. The molecule has 1 unspecified atom stereocenters. The fraction of sp³-hybridized carbons (Fsp3) is 0.167. The molecule has 17 heavy (non-hydrogen) atoms. The van der Waals surface area contributed by atoms with Gasteiger partial charge in [-0.15, -0.1) is 11.3 Å². The fourth-order valence-corrected chi connectivity index (χ4v) is 3.54. The molecule has 1 atom stereocenters. The zero-order chi connectivity index (χ0) is 12.6. The van der Waals surface area contributed by atoms with Crippen LogP contribution in [-0.2, 0) is 0 Å². The van der Waals surface area contributed by atoms with Crippen molar-refractivity contribution >= 4 is 54.8 Å². The van der Waals surface area contributed by atoms with Crippen molar-refractivity contribution in [1.82, 2.24) is 0 Å². The Balaban J connectivity index is 2.36. The lowest BCUT2D eigenvalue weighted by Crippen LogP contribution is -2.10. The largest absolute Gasteiger partial charge is 0.320 e. The molecule has 0 saturated heterocycles. The van der Waals surface area contributed by atoms with Crippen LogP contribution >= 0.6 is 54.8 Å². The summed E-state index contributed by atoms with van der Waals surface area (Å²) in [5.41, 5.74) is 8.47. The minimum absolute atomic E-state index is 0.129. The summed E-state index contributed by atoms with van der Waals surface area (Å²) in [5.74, 6) is 0. The molecular formula is C12H10Br2ClNS. The number of hydrogen-bond donors (Lipinski definition) is 1. The molecule has 90 valence electrons. The Kier molecular flexibility index (Phi) is 4.31. The molecule has 0 bridgehead atoms. The maximum atomic E-state index is 6.23. The summed E-state index contributed by atoms with van der Waals surface area (Å²) in [7, 11) is 0. The second kappa shape index (κ2) is 5.41. The topological polar surface area (TPSA) is 26.0 Å². The summed E-state index contributed by atoms with van der Waals surface area (Å²) in [6.07, 6.45) is 0. The Hall–Kier alpha value is 0.130. The SMILES string of the molecule is Cc1cc(C(N)c2ccc(Br)c(Cl)c2)sc1Br. The van der Waals surface area contributed by atoms with Crippen molar-refractivity contribution in [3.8, 4) is 0 Å². The van der Waals surface area contributed by atoms with E-state index in [-0.39, 0.29) is 6.04 Å². The molecule has 1 aromatic heterocycles. The first-order valence-corrected chi connectivity index (χ1v) is 7.73. The van der Waals surface area contributed by atoms with Gasteiger partial charge in [-0.3, -0.25) is 0 Å². The van der Waals surface area contributed by atoms with Crippen molar-refractivity contribution in [2.75, 3.05) is 0 Å². The van der Waals surface area contributed by atoms with Crippen molar-refractivity contribution in [1.29, 1.82) is 0 Å². The van der Waals surface area contributed by atoms with E-state index in [2.05, 4.69) is 44.8 Å². The Morgan fingerprint density at radius 2 is 2.00 bits per heavy atom. The average molecular weight is 396 g/mol. The molecular weight excluding hydrogens is 385 g/mol. The van der Waals surface area contributed by atoms with E-state index in [9.17, 15) is 0 Å². The number of aryl methyl sites for hydroxylation is 1. The van der Waals surface area contributed by atoms with Crippen molar-refractivity contribution in [2.24, 2.45) is 5.73 Å². The zero-order valence-corrected chi connectivity index (χ0v) is 13.8. The Morgan fingerprint density at radius 1 is 1.29 bits per heavy atom. The van der Waals surface area contributed by atoms with Crippen LogP contribution in [-0.4, -0.2) is 0 Å². The summed E-state index contributed by atoms with van der Waals surface area (Å²) in [6.45, 7) is 2.06. The summed E-state index contributed by atoms with van der Waals surface area (Å²) in [5, 5.41) is 0.685. The smallest absolute Gasteiger partial charge is 0.0731 e. The van der Waals surface area contributed by atoms with E-state index < -0.39 is 0 Å². The van der Waals surface area contributed by atoms with Crippen LogP contribution in [0.25, 0.3) is 0 Å². The predicted molar refractivity (Wildman–Crippen MR) is 81.9 cm³/mol. The number of thiophene rings is 1. The number of rotatable bonds is 2. The van der Waals surface area contributed by atoms with Crippen LogP contribution in [0.2, 0.25) is 5.02 Å². The number of nitrogens with two attached hydrogens (primary N) is 1. The van der Waals surface area contributed by atoms with Gasteiger partial charge in [0.1, 0.15) is 0 Å². The second-order valence-corrected chi connectivity index (χ2v) is 7.42. The molecule has 0 radical (unpaired) electrons. The van der Waals surface area contributed by atoms with Crippen LogP contribution in [0.5, 0.6) is 0 Å². The maximum absolute atomic E-state index is 6.23. The first kappa shape index (κ1) is 13.6. The van der Waals surface area contributed by atoms with E-state index in [0.29, 0.717) is 5.02 Å². The first-order chi connectivity index (χ1) is 7.99. The van der Waals surface area contributed by atoms with Crippen molar-refractivity contribution in [3.63, 3.8) is 0 Å². The van der Waals surface area contributed by atoms with Crippen LogP contribution in [0.1, 0.15) is 22.0 Å². The minimum atomic E-state index is -0.129. The van der Waals surface area contributed by atoms with Gasteiger partial charge in [0.2, 0.25) is 0 Å². The highest BCUT2D eigenvalue weighted by atomic mass is 79.9. The van der Waals surface area contributed by atoms with Gasteiger partial charge in [0.05, 0.1) is 14.9 Å². The van der Waals surface area contributed by atoms with Crippen LogP contribution in [0.15, 0.2) is 32.5 Å². The Labute approximate surface area is 126 Å². The lowest BCUT2D eigenvalue weighted by molar-refractivity contribution is 0.892. The van der Waals surface area contributed by atoms with Gasteiger partial charge < -0.3 is 5.73 Å². The molecule has 1 aromatic carbocycles. The quantitative estimate of drug-likeness (QED) is 0.735. The number of benzene rings is 1. The lowest BCUT2D eigenvalue weighted by Gasteiger charge is -2.10. The molecule has 0 aliphatic rings. The lowest BCUT2D eigenvalue weighted by atomic mass is 10.1. The summed E-state index contributed by atoms with van der Waals surface area (Å²) in [6, 6.07) is 7.79. The summed E-state index contributed by atoms with van der Waals surface area (Å²) >= 11 is 14.6. The standard InChI is InChI=1S/C12H10Br2ClNS/c1-6-4-10(17-12(6)14)11(16)7-2-3-8(13)9(15)5-7/h2-5,11H,16H2,1H3. The zero-order valence-electron chi connectivity index (χ0n) is 9.01. The second-order valence-electron chi connectivity index (χ2n) is 3.76. The number of hydrogen-bond acceptors (Lipinski definition) is 2. The third kappa shape index (κ3) is 2.93. The summed E-state index contributed by atoms with van der Waals surface area (Å²) in [4.78, 5) is 1.13. The van der Waals surface area contributed by atoms with Gasteiger partial charge in [-0.05, 0) is 68.1 Å². The molecule has 2 rings (SSSR count). The molecule has 0 amide bonds. The molecule has 2 aromatic rings. The Bertz CT molecular complexity index is 534. The van der Waals surface area contributed by atoms with E-state index in [1.54, 1.807) is 11.3 Å². The highest BCUT2D eigenvalue weighted by Crippen LogP contribution is 2.34. The van der Waals surface area contributed by atoms with Crippen molar-refractivity contribution < 1.29 is 0 Å². The van der Waals surface area contributed by atoms with Gasteiger partial charge in [-0.1, -0.05) is 17.7 Å². The summed E-state index contributed by atoms with van der Waals surface area (Å²) < 4.78 is 2.02. The van der Waals surface area contributed by atoms with Crippen LogP contribution in [0.3, 0.4) is 0 Å². The normalized spacial score (nSPS) is 12.8. The highest BCUT2D eigenvalue weighted by Gasteiger charge is 2.14. The molecule has 0 fully saturated rings. The van der Waals surface area contributed by atoms with Gasteiger partial charge in [0, 0.05) is 9.35 Å².